The second kappa shape index (κ2) is 8.72. The second-order valence-corrected chi connectivity index (χ2v) is 6.81. The molecule has 0 saturated heterocycles. The molecule has 1 aliphatic rings. The first-order valence-corrected chi connectivity index (χ1v) is 8.98. The fourth-order valence-corrected chi connectivity index (χ4v) is 3.29. The number of carbonyl (C=O) groups is 3. The lowest BCUT2D eigenvalue weighted by molar-refractivity contribution is -0.145. The normalized spacial score (nSPS) is 19.1. The van der Waals surface area contributed by atoms with E-state index < -0.39 is 17.5 Å². The number of methoxy groups -OCH3 is 2. The van der Waals surface area contributed by atoms with E-state index in [1.165, 1.54) is 19.2 Å². The lowest BCUT2D eigenvalue weighted by Gasteiger charge is -2.28. The van der Waals surface area contributed by atoms with Crippen LogP contribution in [0.1, 0.15) is 29.3 Å². The first-order valence-electron chi connectivity index (χ1n) is 8.60. The monoisotopic (exact) mass is 410 g/mol. The van der Waals surface area contributed by atoms with Crippen molar-refractivity contribution in [2.24, 2.45) is 0 Å². The van der Waals surface area contributed by atoms with Gasteiger partial charge in [-0.05, 0) is 37.1 Å². The van der Waals surface area contributed by atoms with E-state index in [-0.39, 0.29) is 36.6 Å². The fraction of sp³-hybridized carbons (Fsp3) is 0.421. The van der Waals surface area contributed by atoms with Gasteiger partial charge >= 0.3 is 11.9 Å². The number of ether oxygens (including phenoxy) is 2. The van der Waals surface area contributed by atoms with Gasteiger partial charge in [0, 0.05) is 23.3 Å². The standard InChI is InChI=1S/C19H23ClN2O6/c1-5-19(18(25)26)13(10-27-3)16(17(24)28-4)22(21-19)9-15(23)12-6-7-14(20)11(2)8-12/h6-8,21H,5,9-10H2,1-4H3,(H,25,26). The third-order valence-corrected chi connectivity index (χ3v) is 5.17. The van der Waals surface area contributed by atoms with Crippen molar-refractivity contribution in [3.05, 3.63) is 45.6 Å². The Morgan fingerprint density at radius 2 is 1.96 bits per heavy atom. The molecule has 0 aliphatic carbocycles. The molecular formula is C19H23ClN2O6. The molecule has 0 saturated carbocycles. The second-order valence-electron chi connectivity index (χ2n) is 6.40. The van der Waals surface area contributed by atoms with Crippen molar-refractivity contribution in [3.63, 3.8) is 0 Å². The summed E-state index contributed by atoms with van der Waals surface area (Å²) in [5.41, 5.74) is 2.54. The molecule has 0 amide bonds. The van der Waals surface area contributed by atoms with Crippen LogP contribution in [0.15, 0.2) is 29.5 Å². The number of nitrogens with zero attached hydrogens (tertiary/aromatic N) is 1. The van der Waals surface area contributed by atoms with Crippen LogP contribution < -0.4 is 5.43 Å². The molecule has 0 fully saturated rings. The van der Waals surface area contributed by atoms with Gasteiger partial charge in [-0.2, -0.15) is 0 Å². The van der Waals surface area contributed by atoms with Crippen molar-refractivity contribution in [3.8, 4) is 0 Å². The lowest BCUT2D eigenvalue weighted by atomic mass is 9.88. The number of rotatable bonds is 8. The maximum atomic E-state index is 12.8. The van der Waals surface area contributed by atoms with Crippen LogP contribution in [0.4, 0.5) is 0 Å². The number of carboxylic acid groups (broad SMARTS) is 1. The van der Waals surface area contributed by atoms with Crippen molar-refractivity contribution in [2.45, 2.75) is 25.8 Å². The molecule has 1 aliphatic heterocycles. The number of hydrazine groups is 1. The quantitative estimate of drug-likeness (QED) is 0.495. The Labute approximate surface area is 168 Å². The van der Waals surface area contributed by atoms with Crippen molar-refractivity contribution >= 4 is 29.3 Å². The van der Waals surface area contributed by atoms with E-state index >= 15 is 0 Å². The summed E-state index contributed by atoms with van der Waals surface area (Å²) in [5, 5.41) is 11.6. The van der Waals surface area contributed by atoms with Gasteiger partial charge in [-0.15, -0.1) is 0 Å². The lowest BCUT2D eigenvalue weighted by Crippen LogP contribution is -2.55. The van der Waals surface area contributed by atoms with Gasteiger partial charge in [0.25, 0.3) is 0 Å². The van der Waals surface area contributed by atoms with E-state index in [2.05, 4.69) is 5.43 Å². The summed E-state index contributed by atoms with van der Waals surface area (Å²) in [4.78, 5) is 37.2. The molecule has 9 heteroatoms. The van der Waals surface area contributed by atoms with Crippen molar-refractivity contribution in [1.82, 2.24) is 10.4 Å². The molecule has 0 bridgehead atoms. The first-order chi connectivity index (χ1) is 13.2. The van der Waals surface area contributed by atoms with E-state index in [9.17, 15) is 19.5 Å². The Kier molecular flexibility index (Phi) is 6.82. The first kappa shape index (κ1) is 21.9. The van der Waals surface area contributed by atoms with Gasteiger partial charge in [0.05, 0.1) is 20.3 Å². The molecule has 0 spiro atoms. The topological polar surface area (TPSA) is 105 Å². The highest BCUT2D eigenvalue weighted by atomic mass is 35.5. The molecule has 28 heavy (non-hydrogen) atoms. The van der Waals surface area contributed by atoms with Gasteiger partial charge < -0.3 is 14.6 Å². The molecule has 1 aromatic carbocycles. The summed E-state index contributed by atoms with van der Waals surface area (Å²) in [7, 11) is 2.59. The highest BCUT2D eigenvalue weighted by molar-refractivity contribution is 6.31. The minimum absolute atomic E-state index is 0.0346. The summed E-state index contributed by atoms with van der Waals surface area (Å²) < 4.78 is 9.95. The Bertz CT molecular complexity index is 838. The number of carboxylic acids is 1. The molecule has 2 N–H and O–H groups in total. The van der Waals surface area contributed by atoms with Gasteiger partial charge in [-0.1, -0.05) is 18.5 Å². The smallest absolute Gasteiger partial charge is 0.355 e. The molecule has 0 radical (unpaired) electrons. The van der Waals surface area contributed by atoms with Crippen LogP contribution in [0.2, 0.25) is 5.02 Å². The van der Waals surface area contributed by atoms with Crippen LogP contribution in [0.5, 0.6) is 0 Å². The van der Waals surface area contributed by atoms with E-state index in [0.29, 0.717) is 10.6 Å². The zero-order valence-corrected chi connectivity index (χ0v) is 16.9. The molecular weight excluding hydrogens is 388 g/mol. The zero-order chi connectivity index (χ0) is 21.1. The molecule has 1 atom stereocenters. The predicted molar refractivity (Wildman–Crippen MR) is 102 cm³/mol. The van der Waals surface area contributed by atoms with Gasteiger partial charge in [-0.3, -0.25) is 9.80 Å². The molecule has 152 valence electrons. The van der Waals surface area contributed by atoms with Gasteiger partial charge in [0.15, 0.2) is 11.3 Å². The van der Waals surface area contributed by atoms with Crippen LogP contribution in [0.25, 0.3) is 0 Å². The number of aryl methyl sites for hydroxylation is 1. The Hall–Kier alpha value is -2.42. The Morgan fingerprint density at radius 1 is 1.29 bits per heavy atom. The van der Waals surface area contributed by atoms with E-state index in [0.717, 1.165) is 5.56 Å². The summed E-state index contributed by atoms with van der Waals surface area (Å²) in [5.74, 6) is -2.25. The number of hydrogen-bond donors (Lipinski definition) is 2. The molecule has 8 nitrogen and oxygen atoms in total. The third kappa shape index (κ3) is 3.89. The summed E-state index contributed by atoms with van der Waals surface area (Å²) in [6.45, 7) is 3.06. The Balaban J connectivity index is 2.46. The molecule has 1 aromatic rings. The number of halogens is 1. The van der Waals surface area contributed by atoms with Crippen LogP contribution >= 0.6 is 11.6 Å². The number of aliphatic carboxylic acids is 1. The number of benzene rings is 1. The van der Waals surface area contributed by atoms with Gasteiger partial charge in [-0.25, -0.2) is 15.0 Å². The van der Waals surface area contributed by atoms with Crippen LogP contribution in [-0.4, -0.2) is 60.7 Å². The zero-order valence-electron chi connectivity index (χ0n) is 16.2. The number of nitrogens with one attached hydrogen (secondary N) is 1. The number of Topliss-reactive ketones (excluding diaryl/α,β-unsaturated/α-hetero) is 1. The average molecular weight is 411 g/mol. The van der Waals surface area contributed by atoms with Crippen molar-refractivity contribution in [1.29, 1.82) is 0 Å². The van der Waals surface area contributed by atoms with E-state index in [4.69, 9.17) is 21.1 Å². The SMILES string of the molecule is CCC1(C(=O)O)NN(CC(=O)c2ccc(Cl)c(C)c2)C(C(=O)OC)=C1COC. The summed E-state index contributed by atoms with van der Waals surface area (Å²) in [6, 6.07) is 4.83. The molecule has 1 heterocycles. The highest BCUT2D eigenvalue weighted by Crippen LogP contribution is 2.34. The van der Waals surface area contributed by atoms with E-state index in [1.807, 2.05) is 0 Å². The number of hydrogen-bond acceptors (Lipinski definition) is 7. The van der Waals surface area contributed by atoms with E-state index in [1.54, 1.807) is 32.0 Å². The number of esters is 1. The minimum Gasteiger partial charge on any atom is -0.480 e. The van der Waals surface area contributed by atoms with Crippen LogP contribution in [0, 0.1) is 6.92 Å². The van der Waals surface area contributed by atoms with Crippen LogP contribution in [-0.2, 0) is 19.1 Å². The minimum atomic E-state index is -1.57. The maximum Gasteiger partial charge on any atom is 0.355 e. The highest BCUT2D eigenvalue weighted by Gasteiger charge is 2.51. The third-order valence-electron chi connectivity index (χ3n) is 4.74. The largest absolute Gasteiger partial charge is 0.480 e. The van der Waals surface area contributed by atoms with Crippen molar-refractivity contribution < 1.29 is 29.0 Å². The fourth-order valence-electron chi connectivity index (χ4n) is 3.18. The molecule has 1 unspecified atom stereocenters. The van der Waals surface area contributed by atoms with Crippen molar-refractivity contribution in [2.75, 3.05) is 27.4 Å². The van der Waals surface area contributed by atoms with Gasteiger partial charge in [0.2, 0.25) is 0 Å². The Morgan fingerprint density at radius 3 is 2.46 bits per heavy atom. The number of ketones is 1. The summed E-state index contributed by atoms with van der Waals surface area (Å²) >= 11 is 6.00. The molecule has 2 rings (SSSR count). The molecule has 0 aromatic heterocycles. The maximum absolute atomic E-state index is 12.8. The predicted octanol–water partition coefficient (Wildman–Crippen LogP) is 1.96. The summed E-state index contributed by atoms with van der Waals surface area (Å²) in [6.07, 6.45) is 0.131. The van der Waals surface area contributed by atoms with Gasteiger partial charge in [0.1, 0.15) is 5.70 Å². The van der Waals surface area contributed by atoms with Crippen LogP contribution in [0.3, 0.4) is 0 Å². The average Bonchev–Trinajstić information content (AvgIpc) is 2.97. The number of carbonyl (C=O) groups excluding carboxylic acids is 2.